The number of esters is 1. The fourth-order valence-electron chi connectivity index (χ4n) is 3.08. The number of hydrogen-bond donors (Lipinski definition) is 0. The number of ether oxygens (including phenoxy) is 2. The standard InChI is InChI=1S/C18H24FNO6S/c1-4-12(2)20(14-7-8-27(23,24)11-14)17(21)10-26-18(22)13-5-6-16(25-3)15(19)9-13/h5-6,9,12,14H,4,7-8,10-11H2,1-3H3/t12-,14+/m1/s1. The van der Waals surface area contributed by atoms with E-state index < -0.39 is 40.2 Å². The van der Waals surface area contributed by atoms with Gasteiger partial charge in [-0.2, -0.15) is 0 Å². The Morgan fingerprint density at radius 3 is 2.59 bits per heavy atom. The topological polar surface area (TPSA) is 90.0 Å². The molecule has 9 heteroatoms. The lowest BCUT2D eigenvalue weighted by atomic mass is 10.1. The maximum atomic E-state index is 13.7. The van der Waals surface area contributed by atoms with Crippen molar-refractivity contribution < 1.29 is 31.9 Å². The van der Waals surface area contributed by atoms with Gasteiger partial charge in [-0.25, -0.2) is 17.6 Å². The van der Waals surface area contributed by atoms with Crippen LogP contribution in [0.3, 0.4) is 0 Å². The van der Waals surface area contributed by atoms with Gasteiger partial charge in [0, 0.05) is 12.1 Å². The zero-order valence-electron chi connectivity index (χ0n) is 15.6. The largest absolute Gasteiger partial charge is 0.494 e. The number of hydrogen-bond acceptors (Lipinski definition) is 6. The Balaban J connectivity index is 2.04. The molecule has 1 aliphatic heterocycles. The maximum Gasteiger partial charge on any atom is 0.338 e. The maximum absolute atomic E-state index is 13.7. The van der Waals surface area contributed by atoms with E-state index in [1.54, 1.807) is 0 Å². The van der Waals surface area contributed by atoms with Gasteiger partial charge in [0.15, 0.2) is 28.0 Å². The van der Waals surface area contributed by atoms with Gasteiger partial charge in [0.1, 0.15) is 0 Å². The van der Waals surface area contributed by atoms with Crippen LogP contribution in [0.4, 0.5) is 4.39 Å². The number of sulfone groups is 1. The lowest BCUT2D eigenvalue weighted by Gasteiger charge is -2.33. The molecule has 0 bridgehead atoms. The van der Waals surface area contributed by atoms with Gasteiger partial charge in [0.2, 0.25) is 0 Å². The molecule has 1 fully saturated rings. The number of nitrogens with zero attached hydrogens (tertiary/aromatic N) is 1. The summed E-state index contributed by atoms with van der Waals surface area (Å²) in [7, 11) is -1.85. The van der Waals surface area contributed by atoms with Crippen LogP contribution in [0.5, 0.6) is 5.75 Å². The van der Waals surface area contributed by atoms with E-state index in [2.05, 4.69) is 0 Å². The van der Waals surface area contributed by atoms with Crippen LogP contribution in [0.2, 0.25) is 0 Å². The van der Waals surface area contributed by atoms with Crippen LogP contribution in [0.25, 0.3) is 0 Å². The predicted molar refractivity (Wildman–Crippen MR) is 96.9 cm³/mol. The quantitative estimate of drug-likeness (QED) is 0.648. The van der Waals surface area contributed by atoms with E-state index in [4.69, 9.17) is 9.47 Å². The molecule has 2 rings (SSSR count). The molecule has 0 aromatic heterocycles. The van der Waals surface area contributed by atoms with Gasteiger partial charge in [-0.15, -0.1) is 0 Å². The van der Waals surface area contributed by atoms with Crippen LogP contribution < -0.4 is 4.74 Å². The summed E-state index contributed by atoms with van der Waals surface area (Å²) in [5, 5.41) is 0. The Morgan fingerprint density at radius 1 is 1.37 bits per heavy atom. The molecular formula is C18H24FNO6S. The number of halogens is 1. The van der Waals surface area contributed by atoms with Crippen LogP contribution in [0.15, 0.2) is 18.2 Å². The smallest absolute Gasteiger partial charge is 0.338 e. The van der Waals surface area contributed by atoms with Crippen molar-refractivity contribution in [3.05, 3.63) is 29.6 Å². The van der Waals surface area contributed by atoms with Crippen molar-refractivity contribution in [3.8, 4) is 5.75 Å². The number of methoxy groups -OCH3 is 1. The van der Waals surface area contributed by atoms with Gasteiger partial charge in [0.25, 0.3) is 5.91 Å². The molecule has 0 saturated carbocycles. The second kappa shape index (κ2) is 8.69. The Bertz CT molecular complexity index is 810. The molecule has 1 aliphatic rings. The third-order valence-electron chi connectivity index (χ3n) is 4.67. The van der Waals surface area contributed by atoms with Gasteiger partial charge in [-0.05, 0) is 38.0 Å². The summed E-state index contributed by atoms with van der Waals surface area (Å²) in [6.07, 6.45) is 1.01. The molecule has 1 aromatic carbocycles. The summed E-state index contributed by atoms with van der Waals surface area (Å²) < 4.78 is 47.0. The summed E-state index contributed by atoms with van der Waals surface area (Å²) >= 11 is 0. The van der Waals surface area contributed by atoms with Gasteiger partial charge in [0.05, 0.1) is 24.2 Å². The van der Waals surface area contributed by atoms with Gasteiger partial charge in [-0.1, -0.05) is 6.92 Å². The highest BCUT2D eigenvalue weighted by atomic mass is 32.2. The third kappa shape index (κ3) is 5.18. The van der Waals surface area contributed by atoms with Crippen molar-refractivity contribution in [1.29, 1.82) is 0 Å². The van der Waals surface area contributed by atoms with Crippen molar-refractivity contribution in [1.82, 2.24) is 4.90 Å². The summed E-state index contributed by atoms with van der Waals surface area (Å²) in [5.74, 6) is -2.06. The van der Waals surface area contributed by atoms with Crippen LogP contribution in [0, 0.1) is 5.82 Å². The summed E-state index contributed by atoms with van der Waals surface area (Å²) in [4.78, 5) is 26.2. The van der Waals surface area contributed by atoms with Crippen LogP contribution in [-0.2, 0) is 19.4 Å². The minimum atomic E-state index is -3.16. The van der Waals surface area contributed by atoms with E-state index >= 15 is 0 Å². The van der Waals surface area contributed by atoms with Crippen molar-refractivity contribution >= 4 is 21.7 Å². The van der Waals surface area contributed by atoms with Gasteiger partial charge in [-0.3, -0.25) is 4.79 Å². The van der Waals surface area contributed by atoms with E-state index in [9.17, 15) is 22.4 Å². The molecule has 1 saturated heterocycles. The number of benzene rings is 1. The molecule has 0 spiro atoms. The average molecular weight is 401 g/mol. The molecule has 7 nitrogen and oxygen atoms in total. The first-order valence-corrected chi connectivity index (χ1v) is 10.5. The van der Waals surface area contributed by atoms with Crippen LogP contribution in [0.1, 0.15) is 37.0 Å². The highest BCUT2D eigenvalue weighted by Crippen LogP contribution is 2.22. The fourth-order valence-corrected chi connectivity index (χ4v) is 4.79. The SMILES string of the molecule is CC[C@@H](C)N(C(=O)COC(=O)c1ccc(OC)c(F)c1)[C@H]1CCS(=O)(=O)C1. The van der Waals surface area contributed by atoms with Gasteiger partial charge >= 0.3 is 5.97 Å². The molecule has 1 heterocycles. The highest BCUT2D eigenvalue weighted by molar-refractivity contribution is 7.91. The van der Waals surface area contributed by atoms with Gasteiger partial charge < -0.3 is 14.4 Å². The number of carbonyl (C=O) groups is 2. The molecule has 27 heavy (non-hydrogen) atoms. The Kier molecular flexibility index (Phi) is 6.80. The second-order valence-electron chi connectivity index (χ2n) is 6.54. The first-order valence-electron chi connectivity index (χ1n) is 8.70. The minimum absolute atomic E-state index is 0.00647. The van der Waals surface area contributed by atoms with E-state index in [-0.39, 0.29) is 28.9 Å². The second-order valence-corrected chi connectivity index (χ2v) is 8.77. The molecule has 2 atom stereocenters. The van der Waals surface area contributed by atoms with Crippen molar-refractivity contribution in [2.45, 2.75) is 38.8 Å². The number of amides is 1. The normalized spacial score (nSPS) is 19.3. The number of carbonyl (C=O) groups excluding carboxylic acids is 2. The first-order chi connectivity index (χ1) is 12.7. The van der Waals surface area contributed by atoms with Crippen molar-refractivity contribution in [3.63, 3.8) is 0 Å². The highest BCUT2D eigenvalue weighted by Gasteiger charge is 2.36. The zero-order chi connectivity index (χ0) is 20.2. The molecule has 150 valence electrons. The molecule has 1 amide bonds. The number of rotatable bonds is 7. The van der Waals surface area contributed by atoms with Crippen LogP contribution >= 0.6 is 0 Å². The summed E-state index contributed by atoms with van der Waals surface area (Å²) in [5.41, 5.74) is -0.0420. The molecule has 0 unspecified atom stereocenters. The summed E-state index contributed by atoms with van der Waals surface area (Å²) in [6.45, 7) is 3.18. The van der Waals surface area contributed by atoms with E-state index in [0.717, 1.165) is 6.07 Å². The monoisotopic (exact) mass is 401 g/mol. The van der Waals surface area contributed by atoms with E-state index in [0.29, 0.717) is 12.8 Å². The van der Waals surface area contributed by atoms with E-state index in [1.807, 2.05) is 13.8 Å². The van der Waals surface area contributed by atoms with Crippen molar-refractivity contribution in [2.75, 3.05) is 25.2 Å². The minimum Gasteiger partial charge on any atom is -0.494 e. The average Bonchev–Trinajstić information content (AvgIpc) is 2.98. The molecule has 0 N–H and O–H groups in total. The fraction of sp³-hybridized carbons (Fsp3) is 0.556. The molecule has 1 aromatic rings. The Labute approximate surface area is 158 Å². The zero-order valence-corrected chi connectivity index (χ0v) is 16.4. The van der Waals surface area contributed by atoms with E-state index in [1.165, 1.54) is 24.1 Å². The summed E-state index contributed by atoms with van der Waals surface area (Å²) in [6, 6.07) is 3.00. The molecule has 0 radical (unpaired) electrons. The lowest BCUT2D eigenvalue weighted by molar-refractivity contribution is -0.138. The lowest BCUT2D eigenvalue weighted by Crippen LogP contribution is -2.48. The Hall–Kier alpha value is -2.16. The third-order valence-corrected chi connectivity index (χ3v) is 6.42. The molecule has 0 aliphatic carbocycles. The Morgan fingerprint density at radius 2 is 2.07 bits per heavy atom. The molecular weight excluding hydrogens is 377 g/mol. The van der Waals surface area contributed by atoms with Crippen molar-refractivity contribution in [2.24, 2.45) is 0 Å². The first kappa shape index (κ1) is 21.1. The predicted octanol–water partition coefficient (Wildman–Crippen LogP) is 1.81. The van der Waals surface area contributed by atoms with Crippen LogP contribution in [-0.4, -0.2) is 62.5 Å².